The minimum atomic E-state index is 0.790. The molecular formula is C16H19N3O2. The Morgan fingerprint density at radius 1 is 1.05 bits per heavy atom. The number of aromatic nitrogens is 2. The highest BCUT2D eigenvalue weighted by molar-refractivity contribution is 5.76. The molecule has 0 aliphatic carbocycles. The van der Waals surface area contributed by atoms with Crippen LogP contribution in [0.1, 0.15) is 34.0 Å². The van der Waals surface area contributed by atoms with Crippen LogP contribution >= 0.6 is 0 Å². The predicted octanol–water partition coefficient (Wildman–Crippen LogP) is 3.31. The first-order chi connectivity index (χ1) is 10.1. The summed E-state index contributed by atoms with van der Waals surface area (Å²) in [6, 6.07) is 0. The van der Waals surface area contributed by atoms with E-state index in [0.717, 1.165) is 52.7 Å². The van der Waals surface area contributed by atoms with Gasteiger partial charge in [0.15, 0.2) is 0 Å². The van der Waals surface area contributed by atoms with Crippen molar-refractivity contribution >= 4 is 5.57 Å². The third-order valence-corrected chi connectivity index (χ3v) is 3.82. The zero-order valence-electron chi connectivity index (χ0n) is 12.8. The number of rotatable bonds is 3. The van der Waals surface area contributed by atoms with Crippen LogP contribution in [0.3, 0.4) is 0 Å². The smallest absolute Gasteiger partial charge is 0.141 e. The molecule has 0 saturated heterocycles. The van der Waals surface area contributed by atoms with Gasteiger partial charge in [-0.1, -0.05) is 22.5 Å². The van der Waals surface area contributed by atoms with Crippen molar-refractivity contribution in [2.24, 2.45) is 0 Å². The fourth-order valence-electron chi connectivity index (χ4n) is 2.69. The van der Waals surface area contributed by atoms with Crippen molar-refractivity contribution in [3.63, 3.8) is 0 Å². The lowest BCUT2D eigenvalue weighted by Crippen LogP contribution is -2.20. The van der Waals surface area contributed by atoms with Gasteiger partial charge in [-0.3, -0.25) is 0 Å². The summed E-state index contributed by atoms with van der Waals surface area (Å²) in [6.07, 6.45) is 6.42. The van der Waals surface area contributed by atoms with Crippen LogP contribution in [0.4, 0.5) is 0 Å². The quantitative estimate of drug-likeness (QED) is 0.866. The first-order valence-corrected chi connectivity index (χ1v) is 7.03. The van der Waals surface area contributed by atoms with Crippen LogP contribution in [0.5, 0.6) is 0 Å². The molecule has 0 spiro atoms. The van der Waals surface area contributed by atoms with Crippen LogP contribution < -0.4 is 0 Å². The van der Waals surface area contributed by atoms with Crippen LogP contribution in [0.2, 0.25) is 0 Å². The summed E-state index contributed by atoms with van der Waals surface area (Å²) in [6.45, 7) is 9.50. The molecule has 0 amide bonds. The van der Waals surface area contributed by atoms with Crippen LogP contribution in [0.15, 0.2) is 27.4 Å². The van der Waals surface area contributed by atoms with Gasteiger partial charge in [0.1, 0.15) is 11.5 Å². The third-order valence-electron chi connectivity index (χ3n) is 3.82. The molecule has 0 radical (unpaired) electrons. The fraction of sp³-hybridized carbons (Fsp3) is 0.375. The van der Waals surface area contributed by atoms with E-state index in [0.29, 0.717) is 0 Å². The van der Waals surface area contributed by atoms with Crippen LogP contribution in [-0.2, 0) is 6.54 Å². The molecule has 3 heterocycles. The van der Waals surface area contributed by atoms with Gasteiger partial charge in [0.2, 0.25) is 0 Å². The Labute approximate surface area is 123 Å². The largest absolute Gasteiger partial charge is 0.369 e. The molecule has 0 aromatic carbocycles. The van der Waals surface area contributed by atoms with E-state index in [1.807, 2.05) is 27.7 Å². The van der Waals surface area contributed by atoms with Crippen molar-refractivity contribution < 1.29 is 9.05 Å². The van der Waals surface area contributed by atoms with E-state index in [1.165, 1.54) is 0 Å². The molecule has 0 fully saturated rings. The van der Waals surface area contributed by atoms with Gasteiger partial charge in [0, 0.05) is 36.0 Å². The van der Waals surface area contributed by atoms with Crippen molar-refractivity contribution in [2.45, 2.75) is 34.2 Å². The maximum atomic E-state index is 5.26. The highest BCUT2D eigenvalue weighted by Crippen LogP contribution is 2.27. The Morgan fingerprint density at radius 3 is 2.38 bits per heavy atom. The average Bonchev–Trinajstić information content (AvgIpc) is 2.96. The van der Waals surface area contributed by atoms with E-state index >= 15 is 0 Å². The van der Waals surface area contributed by atoms with Gasteiger partial charge in [-0.05, 0) is 27.7 Å². The van der Waals surface area contributed by atoms with E-state index in [4.69, 9.17) is 9.05 Å². The topological polar surface area (TPSA) is 55.3 Å². The first kappa shape index (κ1) is 13.7. The summed E-state index contributed by atoms with van der Waals surface area (Å²) in [7, 11) is 0. The second-order valence-electron chi connectivity index (χ2n) is 5.42. The summed E-state index contributed by atoms with van der Waals surface area (Å²) >= 11 is 0. The minimum Gasteiger partial charge on any atom is -0.369 e. The van der Waals surface area contributed by atoms with E-state index in [9.17, 15) is 0 Å². The van der Waals surface area contributed by atoms with Gasteiger partial charge >= 0.3 is 0 Å². The zero-order chi connectivity index (χ0) is 15.0. The number of hydrogen-bond acceptors (Lipinski definition) is 5. The van der Waals surface area contributed by atoms with E-state index < -0.39 is 0 Å². The molecule has 5 nitrogen and oxygen atoms in total. The minimum absolute atomic E-state index is 0.790. The molecule has 110 valence electrons. The second kappa shape index (κ2) is 5.24. The summed E-state index contributed by atoms with van der Waals surface area (Å²) in [5.41, 5.74) is 5.23. The summed E-state index contributed by atoms with van der Waals surface area (Å²) in [4.78, 5) is 2.24. The molecule has 0 N–H and O–H groups in total. The van der Waals surface area contributed by atoms with Gasteiger partial charge < -0.3 is 13.9 Å². The molecule has 1 aliphatic heterocycles. The van der Waals surface area contributed by atoms with Gasteiger partial charge in [-0.15, -0.1) is 0 Å². The highest BCUT2D eigenvalue weighted by atomic mass is 16.5. The number of allylic oxidation sites excluding steroid dienone is 2. The Morgan fingerprint density at radius 2 is 1.76 bits per heavy atom. The van der Waals surface area contributed by atoms with Crippen LogP contribution in [0, 0.1) is 27.7 Å². The second-order valence-corrected chi connectivity index (χ2v) is 5.42. The number of nitrogens with zero attached hydrogens (tertiary/aromatic N) is 3. The lowest BCUT2D eigenvalue weighted by molar-refractivity contribution is 0.381. The summed E-state index contributed by atoms with van der Waals surface area (Å²) < 4.78 is 10.5. The fourth-order valence-corrected chi connectivity index (χ4v) is 2.69. The molecule has 2 aromatic rings. The lowest BCUT2D eigenvalue weighted by Gasteiger charge is -2.23. The number of hydrogen-bond donors (Lipinski definition) is 0. The molecule has 0 atom stereocenters. The first-order valence-electron chi connectivity index (χ1n) is 7.03. The van der Waals surface area contributed by atoms with Gasteiger partial charge in [-0.2, -0.15) is 0 Å². The Hall–Kier alpha value is -2.30. The highest BCUT2D eigenvalue weighted by Gasteiger charge is 2.17. The van der Waals surface area contributed by atoms with Gasteiger partial charge in [-0.25, -0.2) is 0 Å². The van der Waals surface area contributed by atoms with Crippen molar-refractivity contribution in [1.29, 1.82) is 0 Å². The normalized spacial score (nSPS) is 14.7. The van der Waals surface area contributed by atoms with E-state index in [2.05, 4.69) is 33.6 Å². The summed E-state index contributed by atoms with van der Waals surface area (Å²) in [5.74, 6) is 1.73. The molecule has 5 heteroatoms. The molecule has 3 rings (SSSR count). The van der Waals surface area contributed by atoms with Crippen molar-refractivity contribution in [2.75, 3.05) is 6.54 Å². The van der Waals surface area contributed by atoms with E-state index in [1.54, 1.807) is 0 Å². The average molecular weight is 285 g/mol. The SMILES string of the molecule is Cc1noc(C)c1CN1C=C(c2c(C)noc2C)C=CC1. The number of aryl methyl sites for hydroxylation is 4. The van der Waals surface area contributed by atoms with Crippen LogP contribution in [0.25, 0.3) is 5.57 Å². The molecule has 0 bridgehead atoms. The Bertz CT molecular complexity index is 683. The van der Waals surface area contributed by atoms with Crippen molar-refractivity contribution in [1.82, 2.24) is 15.2 Å². The third kappa shape index (κ3) is 2.51. The lowest BCUT2D eigenvalue weighted by atomic mass is 10.0. The molecule has 2 aromatic heterocycles. The maximum absolute atomic E-state index is 5.26. The Kier molecular flexibility index (Phi) is 3.41. The molecule has 0 unspecified atom stereocenters. The molecule has 1 aliphatic rings. The standard InChI is InChI=1S/C16H19N3O2/c1-10-15(12(3)20-17-10)9-19-7-5-6-14(8-19)16-11(2)18-21-13(16)4/h5-6,8H,7,9H2,1-4H3. The molecule has 0 saturated carbocycles. The zero-order valence-corrected chi connectivity index (χ0v) is 12.8. The Balaban J connectivity index is 1.88. The van der Waals surface area contributed by atoms with Gasteiger partial charge in [0.05, 0.1) is 11.4 Å². The van der Waals surface area contributed by atoms with Gasteiger partial charge in [0.25, 0.3) is 0 Å². The van der Waals surface area contributed by atoms with E-state index in [-0.39, 0.29) is 0 Å². The maximum Gasteiger partial charge on any atom is 0.141 e. The molecular weight excluding hydrogens is 266 g/mol. The monoisotopic (exact) mass is 285 g/mol. The van der Waals surface area contributed by atoms with Crippen molar-refractivity contribution in [3.05, 3.63) is 52.4 Å². The predicted molar refractivity (Wildman–Crippen MR) is 79.5 cm³/mol. The summed E-state index contributed by atoms with van der Waals surface area (Å²) in [5, 5.41) is 8.04. The molecule has 21 heavy (non-hydrogen) atoms. The van der Waals surface area contributed by atoms with Crippen LogP contribution in [-0.4, -0.2) is 21.8 Å². The van der Waals surface area contributed by atoms with Crippen molar-refractivity contribution in [3.8, 4) is 0 Å².